The third kappa shape index (κ3) is 4.39. The Morgan fingerprint density at radius 1 is 1.56 bits per heavy atom. The number of rotatable bonds is 6. The molecule has 0 saturated heterocycles. The van der Waals surface area contributed by atoms with E-state index in [1.165, 1.54) is 11.3 Å². The lowest BCUT2D eigenvalue weighted by Crippen LogP contribution is -2.18. The average molecular weight is 242 g/mol. The summed E-state index contributed by atoms with van der Waals surface area (Å²) in [5, 5.41) is 3.55. The van der Waals surface area contributed by atoms with Crippen LogP contribution in [-0.4, -0.2) is 29.9 Å². The van der Waals surface area contributed by atoms with Crippen LogP contribution in [0.2, 0.25) is 0 Å². The van der Waals surface area contributed by atoms with Gasteiger partial charge < -0.3 is 10.1 Å². The van der Waals surface area contributed by atoms with Gasteiger partial charge in [-0.1, -0.05) is 0 Å². The number of nitrogens with zero attached hydrogens (tertiary/aromatic N) is 1. The number of carbonyl (C=O) groups excluding carboxylic acids is 2. The lowest BCUT2D eigenvalue weighted by molar-refractivity contribution is -0.145. The molecule has 0 spiro atoms. The number of ether oxygens (including phenoxy) is 1. The summed E-state index contributed by atoms with van der Waals surface area (Å²) in [6.07, 6.45) is 1.54. The van der Waals surface area contributed by atoms with Crippen molar-refractivity contribution in [2.24, 2.45) is 0 Å². The van der Waals surface area contributed by atoms with E-state index in [4.69, 9.17) is 0 Å². The molecule has 1 N–H and O–H groups in total. The fourth-order valence-corrected chi connectivity index (χ4v) is 1.71. The molecule has 0 aliphatic rings. The molecule has 0 bridgehead atoms. The predicted molar refractivity (Wildman–Crippen MR) is 61.6 cm³/mol. The van der Waals surface area contributed by atoms with Gasteiger partial charge in [-0.05, 0) is 13.8 Å². The summed E-state index contributed by atoms with van der Waals surface area (Å²) in [6, 6.07) is 0. The zero-order valence-electron chi connectivity index (χ0n) is 9.28. The number of anilines is 1. The van der Waals surface area contributed by atoms with Gasteiger partial charge in [0.25, 0.3) is 0 Å². The Balaban J connectivity index is 2.27. The maximum absolute atomic E-state index is 11.3. The van der Waals surface area contributed by atoms with E-state index in [2.05, 4.69) is 15.0 Å². The molecule has 0 amide bonds. The van der Waals surface area contributed by atoms with E-state index in [9.17, 15) is 9.59 Å². The summed E-state index contributed by atoms with van der Waals surface area (Å²) >= 11 is 1.47. The van der Waals surface area contributed by atoms with Crippen LogP contribution in [-0.2, 0) is 14.3 Å². The standard InChI is InChI=1S/C10H14N2O3S/c1-3-15-9(14)4-8(13)6-12-10-11-5-7(2)16-10/h5H,3-4,6H2,1-2H3,(H,11,12). The number of hydrogen-bond donors (Lipinski definition) is 1. The lowest BCUT2D eigenvalue weighted by atomic mass is 10.3. The molecule has 1 aromatic heterocycles. The van der Waals surface area contributed by atoms with Gasteiger partial charge in [0.2, 0.25) is 0 Å². The lowest BCUT2D eigenvalue weighted by Gasteiger charge is -2.02. The zero-order chi connectivity index (χ0) is 12.0. The highest BCUT2D eigenvalue weighted by atomic mass is 32.1. The molecule has 16 heavy (non-hydrogen) atoms. The van der Waals surface area contributed by atoms with Crippen LogP contribution in [0.5, 0.6) is 0 Å². The number of nitrogens with one attached hydrogen (secondary N) is 1. The van der Waals surface area contributed by atoms with E-state index in [0.717, 1.165) is 4.88 Å². The van der Waals surface area contributed by atoms with E-state index in [1.54, 1.807) is 13.1 Å². The monoisotopic (exact) mass is 242 g/mol. The van der Waals surface area contributed by atoms with E-state index < -0.39 is 5.97 Å². The molecule has 6 heteroatoms. The van der Waals surface area contributed by atoms with Gasteiger partial charge in [0, 0.05) is 11.1 Å². The van der Waals surface area contributed by atoms with Crippen molar-refractivity contribution in [1.82, 2.24) is 4.98 Å². The molecule has 0 atom stereocenters. The largest absolute Gasteiger partial charge is 0.466 e. The van der Waals surface area contributed by atoms with Gasteiger partial charge in [-0.3, -0.25) is 9.59 Å². The Bertz CT molecular complexity index is 376. The summed E-state index contributed by atoms with van der Waals surface area (Å²) in [5.41, 5.74) is 0. The normalized spacial score (nSPS) is 9.88. The van der Waals surface area contributed by atoms with Crippen molar-refractivity contribution in [3.8, 4) is 0 Å². The Morgan fingerprint density at radius 2 is 2.31 bits per heavy atom. The van der Waals surface area contributed by atoms with Crippen molar-refractivity contribution in [3.05, 3.63) is 11.1 Å². The van der Waals surface area contributed by atoms with Crippen LogP contribution in [0, 0.1) is 6.92 Å². The van der Waals surface area contributed by atoms with Gasteiger partial charge in [-0.2, -0.15) is 0 Å². The molecule has 5 nitrogen and oxygen atoms in total. The first-order valence-electron chi connectivity index (χ1n) is 4.95. The van der Waals surface area contributed by atoms with Crippen molar-refractivity contribution in [2.75, 3.05) is 18.5 Å². The third-order valence-electron chi connectivity index (χ3n) is 1.70. The number of esters is 1. The molecule has 88 valence electrons. The number of ketones is 1. The quantitative estimate of drug-likeness (QED) is 0.603. The first-order valence-corrected chi connectivity index (χ1v) is 5.77. The Kier molecular flexibility index (Phi) is 4.91. The second kappa shape index (κ2) is 6.22. The van der Waals surface area contributed by atoms with Gasteiger partial charge in [0.1, 0.15) is 6.42 Å². The number of aryl methyl sites for hydroxylation is 1. The maximum atomic E-state index is 11.3. The number of carbonyl (C=O) groups is 2. The molecule has 1 rings (SSSR count). The number of aromatic nitrogens is 1. The Hall–Kier alpha value is -1.43. The van der Waals surface area contributed by atoms with Crippen molar-refractivity contribution < 1.29 is 14.3 Å². The van der Waals surface area contributed by atoms with Crippen LogP contribution in [0.25, 0.3) is 0 Å². The van der Waals surface area contributed by atoms with Gasteiger partial charge >= 0.3 is 5.97 Å². The molecular weight excluding hydrogens is 228 g/mol. The summed E-state index contributed by atoms with van der Waals surface area (Å²) < 4.78 is 4.67. The predicted octanol–water partition coefficient (Wildman–Crippen LogP) is 1.39. The van der Waals surface area contributed by atoms with Crippen molar-refractivity contribution in [3.63, 3.8) is 0 Å². The topological polar surface area (TPSA) is 68.3 Å². The molecule has 0 aliphatic heterocycles. The Labute approximate surface area is 97.8 Å². The number of hydrogen-bond acceptors (Lipinski definition) is 6. The maximum Gasteiger partial charge on any atom is 0.313 e. The second-order valence-corrected chi connectivity index (χ2v) is 4.38. The van der Waals surface area contributed by atoms with Gasteiger partial charge in [-0.15, -0.1) is 11.3 Å². The fourth-order valence-electron chi connectivity index (χ4n) is 1.05. The van der Waals surface area contributed by atoms with Crippen LogP contribution in [0.1, 0.15) is 18.2 Å². The van der Waals surface area contributed by atoms with Crippen LogP contribution in [0.15, 0.2) is 6.20 Å². The Morgan fingerprint density at radius 3 is 2.88 bits per heavy atom. The van der Waals surface area contributed by atoms with Gasteiger partial charge in [-0.25, -0.2) is 4.98 Å². The van der Waals surface area contributed by atoms with Crippen LogP contribution < -0.4 is 5.32 Å². The molecule has 0 radical (unpaired) electrons. The third-order valence-corrected chi connectivity index (χ3v) is 2.58. The SMILES string of the molecule is CCOC(=O)CC(=O)CNc1ncc(C)s1. The zero-order valence-corrected chi connectivity index (χ0v) is 10.1. The highest BCUT2D eigenvalue weighted by molar-refractivity contribution is 7.15. The molecule has 0 aliphatic carbocycles. The van der Waals surface area contributed by atoms with Crippen LogP contribution in [0.3, 0.4) is 0 Å². The smallest absolute Gasteiger partial charge is 0.313 e. The minimum absolute atomic E-state index is 0.103. The summed E-state index contributed by atoms with van der Waals surface area (Å²) in [5.74, 6) is -0.684. The summed E-state index contributed by atoms with van der Waals surface area (Å²) in [6.45, 7) is 4.04. The van der Waals surface area contributed by atoms with Gasteiger partial charge in [0.15, 0.2) is 10.9 Å². The van der Waals surface area contributed by atoms with Crippen molar-refractivity contribution in [2.45, 2.75) is 20.3 Å². The molecule has 0 saturated carbocycles. The summed E-state index contributed by atoms with van der Waals surface area (Å²) in [4.78, 5) is 27.4. The van der Waals surface area contributed by atoms with Crippen molar-refractivity contribution >= 4 is 28.2 Å². The van der Waals surface area contributed by atoms with Crippen LogP contribution in [0.4, 0.5) is 5.13 Å². The molecule has 0 aromatic carbocycles. The van der Waals surface area contributed by atoms with E-state index in [-0.39, 0.29) is 18.7 Å². The first kappa shape index (κ1) is 12.6. The second-order valence-electron chi connectivity index (χ2n) is 3.15. The highest BCUT2D eigenvalue weighted by Crippen LogP contribution is 2.15. The van der Waals surface area contributed by atoms with Crippen LogP contribution >= 0.6 is 11.3 Å². The molecule has 1 heterocycles. The van der Waals surface area contributed by atoms with Crippen molar-refractivity contribution in [1.29, 1.82) is 0 Å². The molecule has 0 fully saturated rings. The van der Waals surface area contributed by atoms with E-state index in [0.29, 0.717) is 11.7 Å². The average Bonchev–Trinajstić information content (AvgIpc) is 2.61. The van der Waals surface area contributed by atoms with E-state index in [1.807, 2.05) is 6.92 Å². The van der Waals surface area contributed by atoms with Gasteiger partial charge in [0.05, 0.1) is 13.2 Å². The molecule has 1 aromatic rings. The molecule has 0 unspecified atom stereocenters. The minimum atomic E-state index is -0.482. The summed E-state index contributed by atoms with van der Waals surface area (Å²) in [7, 11) is 0. The van der Waals surface area contributed by atoms with E-state index >= 15 is 0 Å². The molecular formula is C10H14N2O3S. The first-order chi connectivity index (χ1) is 7.61. The highest BCUT2D eigenvalue weighted by Gasteiger charge is 2.10. The number of thiazole rings is 1. The fraction of sp³-hybridized carbons (Fsp3) is 0.500. The number of Topliss-reactive ketones (excluding diaryl/α,β-unsaturated/α-hetero) is 1. The minimum Gasteiger partial charge on any atom is -0.466 e.